The smallest absolute Gasteiger partial charge is 0.269 e. The average Bonchev–Trinajstić information content (AvgIpc) is 3.00. The number of amides is 1. The number of aromatic nitrogens is 2. The van der Waals surface area contributed by atoms with Crippen molar-refractivity contribution in [2.45, 2.75) is 40.5 Å². The molecule has 0 spiro atoms. The van der Waals surface area contributed by atoms with Crippen LogP contribution in [0.1, 0.15) is 62.0 Å². The van der Waals surface area contributed by atoms with E-state index >= 15 is 0 Å². The van der Waals surface area contributed by atoms with Crippen LogP contribution >= 0.6 is 0 Å². The number of benzene rings is 2. The van der Waals surface area contributed by atoms with Gasteiger partial charge in [0, 0.05) is 24.3 Å². The Bertz CT molecular complexity index is 1440. The summed E-state index contributed by atoms with van der Waals surface area (Å²) in [4.78, 5) is 22.4. The summed E-state index contributed by atoms with van der Waals surface area (Å²) in [7, 11) is 0. The molecule has 9 nitrogen and oxygen atoms in total. The Labute approximate surface area is 253 Å². The number of hydrogen-bond acceptors (Lipinski definition) is 8. The lowest BCUT2D eigenvalue weighted by Gasteiger charge is -2.28. The Morgan fingerprint density at radius 2 is 1.91 bits per heavy atom. The van der Waals surface area contributed by atoms with Gasteiger partial charge in [0.25, 0.3) is 5.91 Å². The molecule has 1 fully saturated rings. The van der Waals surface area contributed by atoms with Crippen LogP contribution in [0.5, 0.6) is 5.75 Å². The second kappa shape index (κ2) is 17.8. The lowest BCUT2D eigenvalue weighted by Crippen LogP contribution is -2.38. The minimum Gasteiger partial charge on any atom is -0.508 e. The zero-order valence-electron chi connectivity index (χ0n) is 25.4. The zero-order valence-corrected chi connectivity index (χ0v) is 25.4. The lowest BCUT2D eigenvalue weighted by atomic mass is 9.96. The number of terminal acetylenes is 1. The van der Waals surface area contributed by atoms with E-state index in [1.54, 1.807) is 42.2 Å². The fourth-order valence-corrected chi connectivity index (χ4v) is 4.09. The molecule has 2 aromatic carbocycles. The van der Waals surface area contributed by atoms with E-state index in [9.17, 15) is 14.3 Å². The largest absolute Gasteiger partial charge is 0.508 e. The second-order valence-corrected chi connectivity index (χ2v) is 9.63. The van der Waals surface area contributed by atoms with E-state index in [0.29, 0.717) is 43.3 Å². The molecule has 3 aromatic rings. The average molecular weight is 589 g/mol. The van der Waals surface area contributed by atoms with Crippen molar-refractivity contribution in [1.29, 1.82) is 0 Å². The minimum absolute atomic E-state index is 0.104. The number of carbonyl (C=O) groups excluding carboxylic acids is 1. The Hall–Kier alpha value is -4.88. The number of halogens is 1. The summed E-state index contributed by atoms with van der Waals surface area (Å²) in [5.74, 6) is 2.10. The molecule has 1 amide bonds. The first kappa shape index (κ1) is 34.3. The molecule has 5 N–H and O–H groups in total. The maximum Gasteiger partial charge on any atom is 0.269 e. The highest BCUT2D eigenvalue weighted by molar-refractivity contribution is 5.96. The molecule has 0 bridgehead atoms. The molecule has 0 unspecified atom stereocenters. The molecule has 0 aliphatic carbocycles. The molecule has 1 aromatic heterocycles. The minimum atomic E-state index is -0.519. The van der Waals surface area contributed by atoms with Crippen LogP contribution in [0.3, 0.4) is 0 Å². The number of rotatable bonds is 7. The van der Waals surface area contributed by atoms with Crippen molar-refractivity contribution >= 4 is 28.9 Å². The van der Waals surface area contributed by atoms with Crippen LogP contribution in [0, 0.1) is 18.2 Å². The van der Waals surface area contributed by atoms with E-state index in [-0.39, 0.29) is 23.6 Å². The van der Waals surface area contributed by atoms with Crippen LogP contribution in [-0.2, 0) is 4.74 Å². The Morgan fingerprint density at radius 1 is 1.21 bits per heavy atom. The summed E-state index contributed by atoms with van der Waals surface area (Å²) in [6, 6.07) is 12.4. The Balaban J connectivity index is 0.000000337. The highest BCUT2D eigenvalue weighted by atomic mass is 19.1. The summed E-state index contributed by atoms with van der Waals surface area (Å²) in [5, 5.41) is 9.27. The van der Waals surface area contributed by atoms with Gasteiger partial charge < -0.3 is 20.5 Å². The van der Waals surface area contributed by atoms with Gasteiger partial charge in [-0.05, 0) is 73.7 Å². The van der Waals surface area contributed by atoms with E-state index in [0.717, 1.165) is 22.9 Å². The molecule has 10 heteroatoms. The van der Waals surface area contributed by atoms with Crippen molar-refractivity contribution in [1.82, 2.24) is 15.4 Å². The first-order chi connectivity index (χ1) is 20.6. The monoisotopic (exact) mass is 588 g/mol. The number of ether oxygens (including phenoxy) is 1. The number of phenolic OH excluding ortho intramolecular Hbond substituents is 1. The molecule has 2 heterocycles. The van der Waals surface area contributed by atoms with Crippen molar-refractivity contribution in [3.63, 3.8) is 0 Å². The molecular weight excluding hydrogens is 547 g/mol. The third-order valence-electron chi connectivity index (χ3n) is 6.10. The first-order valence-corrected chi connectivity index (χ1v) is 13.9. The molecule has 1 aliphatic heterocycles. The molecule has 0 radical (unpaired) electrons. The summed E-state index contributed by atoms with van der Waals surface area (Å²) in [6.07, 6.45) is 11.7. The van der Waals surface area contributed by atoms with Crippen molar-refractivity contribution in [3.8, 4) is 18.1 Å². The van der Waals surface area contributed by atoms with E-state index in [4.69, 9.17) is 10.5 Å². The van der Waals surface area contributed by atoms with Gasteiger partial charge in [0.2, 0.25) is 5.95 Å². The van der Waals surface area contributed by atoms with E-state index in [1.807, 2.05) is 58.1 Å². The maximum atomic E-state index is 14.1. The van der Waals surface area contributed by atoms with Gasteiger partial charge in [-0.25, -0.2) is 9.37 Å². The first-order valence-electron chi connectivity index (χ1n) is 13.9. The molecule has 228 valence electrons. The van der Waals surface area contributed by atoms with Crippen LogP contribution in [-0.4, -0.2) is 47.3 Å². The summed E-state index contributed by atoms with van der Waals surface area (Å²) in [5.41, 5.74) is 15.1. The van der Waals surface area contributed by atoms with E-state index in [1.165, 1.54) is 0 Å². The molecule has 43 heavy (non-hydrogen) atoms. The van der Waals surface area contributed by atoms with Crippen molar-refractivity contribution in [2.75, 3.05) is 42.4 Å². The van der Waals surface area contributed by atoms with Gasteiger partial charge in [-0.3, -0.25) is 15.6 Å². The topological polar surface area (TPSA) is 126 Å². The predicted octanol–water partition coefficient (Wildman–Crippen LogP) is 5.93. The van der Waals surface area contributed by atoms with Gasteiger partial charge in [0.05, 0.1) is 19.4 Å². The van der Waals surface area contributed by atoms with Crippen LogP contribution in [0.4, 0.5) is 21.8 Å². The number of aromatic hydroxyl groups is 1. The number of phenols is 1. The third kappa shape index (κ3) is 10.8. The number of anilines is 3. The quantitative estimate of drug-likeness (QED) is 0.116. The van der Waals surface area contributed by atoms with Gasteiger partial charge in [-0.1, -0.05) is 44.2 Å². The molecular formula is C33H41FN6O3. The Morgan fingerprint density at radius 3 is 2.51 bits per heavy atom. The molecule has 1 saturated heterocycles. The van der Waals surface area contributed by atoms with Gasteiger partial charge in [-0.2, -0.15) is 4.98 Å². The normalized spacial score (nSPS) is 12.9. The second-order valence-electron chi connectivity index (χ2n) is 9.63. The van der Waals surface area contributed by atoms with E-state index < -0.39 is 5.82 Å². The lowest BCUT2D eigenvalue weighted by molar-refractivity contribution is 0.0961. The van der Waals surface area contributed by atoms with Crippen LogP contribution in [0.2, 0.25) is 0 Å². The summed E-state index contributed by atoms with van der Waals surface area (Å²) < 4.78 is 19.3. The number of hydrogen-bond donors (Lipinski definition) is 4. The molecule has 0 atom stereocenters. The fourth-order valence-electron chi connectivity index (χ4n) is 4.09. The number of carbonyl (C=O) groups is 1. The number of hydrazine groups is 1. The van der Waals surface area contributed by atoms with Gasteiger partial charge in [0.1, 0.15) is 5.75 Å². The zero-order chi connectivity index (χ0) is 31.8. The SMILES string of the molecule is C#CC.C/C=C\C(=C/C)c1cccc(O)c1.CC(C)c1cc(N)ccc1C(=O)NNc1ncc(F)c(N2CCOCC2)n1. The molecule has 4 rings (SSSR count). The maximum absolute atomic E-state index is 14.1. The van der Waals surface area contributed by atoms with Crippen molar-refractivity contribution < 1.29 is 19.0 Å². The van der Waals surface area contributed by atoms with Crippen LogP contribution in [0.25, 0.3) is 5.57 Å². The van der Waals surface area contributed by atoms with Crippen LogP contribution < -0.4 is 21.5 Å². The number of nitrogens with zero attached hydrogens (tertiary/aromatic N) is 3. The summed E-state index contributed by atoms with van der Waals surface area (Å²) >= 11 is 0. The number of nitrogens with one attached hydrogen (secondary N) is 2. The van der Waals surface area contributed by atoms with Crippen LogP contribution in [0.15, 0.2) is 66.9 Å². The van der Waals surface area contributed by atoms with Gasteiger partial charge >= 0.3 is 0 Å². The number of nitrogens with two attached hydrogens (primary N) is 1. The van der Waals surface area contributed by atoms with Gasteiger partial charge in [-0.15, -0.1) is 12.3 Å². The summed E-state index contributed by atoms with van der Waals surface area (Å²) in [6.45, 7) is 11.7. The third-order valence-corrected chi connectivity index (χ3v) is 6.10. The molecule has 0 saturated carbocycles. The van der Waals surface area contributed by atoms with Crippen molar-refractivity contribution in [3.05, 3.63) is 89.4 Å². The van der Waals surface area contributed by atoms with E-state index in [2.05, 4.69) is 33.2 Å². The van der Waals surface area contributed by atoms with Crippen molar-refractivity contribution in [2.24, 2.45) is 0 Å². The molecule has 1 aliphatic rings. The predicted molar refractivity (Wildman–Crippen MR) is 172 cm³/mol. The standard InChI is InChI=1S/C18H23FN6O2.C12H14O.C3H4/c1-11(2)14-9-12(20)3-4-13(14)17(26)23-24-18-21-10-15(19)16(22-18)25-5-7-27-8-6-25;1-3-6-10(4-2)11-7-5-8-12(13)9-11;1-3-2/h3-4,9-11H,5-8,20H2,1-2H3,(H,23,26)(H,21,22,24);3-9,13H,1-2H3;1H,2H3/b;6-3-,10-4+;. The highest BCUT2D eigenvalue weighted by Crippen LogP contribution is 2.23. The Kier molecular flexibility index (Phi) is 14.2. The number of morpholine rings is 1. The number of nitrogen functional groups attached to an aromatic ring is 1. The highest BCUT2D eigenvalue weighted by Gasteiger charge is 2.19. The fraction of sp³-hybridized carbons (Fsp3) is 0.303. The number of allylic oxidation sites excluding steroid dienone is 4. The van der Waals surface area contributed by atoms with Gasteiger partial charge in [0.15, 0.2) is 11.6 Å².